The molecule has 0 amide bonds. The molecule has 2 rings (SSSR count). The highest BCUT2D eigenvalue weighted by atomic mass is 16.7. The van der Waals surface area contributed by atoms with Crippen molar-refractivity contribution in [3.63, 3.8) is 0 Å². The first-order valence-electron chi connectivity index (χ1n) is 4.83. The number of hydrogen-bond acceptors (Lipinski definition) is 3. The Labute approximate surface area is 84.0 Å². The summed E-state index contributed by atoms with van der Waals surface area (Å²) in [6.45, 7) is 2.00. The van der Waals surface area contributed by atoms with Gasteiger partial charge >= 0.3 is 0 Å². The summed E-state index contributed by atoms with van der Waals surface area (Å²) in [4.78, 5) is 0. The van der Waals surface area contributed by atoms with Crippen LogP contribution in [0.3, 0.4) is 0 Å². The van der Waals surface area contributed by atoms with E-state index in [0.717, 1.165) is 6.54 Å². The molecule has 1 fully saturated rings. The largest absolute Gasteiger partial charge is 0.352 e. The Bertz CT molecular complexity index is 278. The molecule has 1 aromatic carbocycles. The molecule has 1 aromatic rings. The molecule has 1 saturated heterocycles. The molecule has 1 aliphatic heterocycles. The van der Waals surface area contributed by atoms with Gasteiger partial charge in [0.25, 0.3) is 0 Å². The van der Waals surface area contributed by atoms with Gasteiger partial charge in [-0.1, -0.05) is 24.3 Å². The van der Waals surface area contributed by atoms with E-state index in [1.165, 1.54) is 11.1 Å². The van der Waals surface area contributed by atoms with Crippen molar-refractivity contribution in [3.05, 3.63) is 35.4 Å². The second-order valence-electron chi connectivity index (χ2n) is 3.42. The van der Waals surface area contributed by atoms with Gasteiger partial charge in [0, 0.05) is 6.54 Å². The van der Waals surface area contributed by atoms with Crippen molar-refractivity contribution < 1.29 is 9.47 Å². The van der Waals surface area contributed by atoms with Crippen LogP contribution in [0.25, 0.3) is 0 Å². The summed E-state index contributed by atoms with van der Waals surface area (Å²) in [7, 11) is 1.95. The van der Waals surface area contributed by atoms with E-state index in [2.05, 4.69) is 29.6 Å². The molecule has 1 aliphatic rings. The maximum Gasteiger partial charge on any atom is 0.147 e. The van der Waals surface area contributed by atoms with Crippen molar-refractivity contribution in [1.29, 1.82) is 0 Å². The minimum atomic E-state index is 0.124. The van der Waals surface area contributed by atoms with E-state index in [4.69, 9.17) is 9.47 Å². The monoisotopic (exact) mass is 193 g/mol. The van der Waals surface area contributed by atoms with E-state index in [9.17, 15) is 0 Å². The third kappa shape index (κ3) is 2.12. The molecule has 3 heteroatoms. The zero-order valence-corrected chi connectivity index (χ0v) is 8.32. The highest BCUT2D eigenvalue weighted by molar-refractivity contribution is 5.24. The van der Waals surface area contributed by atoms with Crippen molar-refractivity contribution in [2.24, 2.45) is 0 Å². The van der Waals surface area contributed by atoms with Crippen LogP contribution in [0.2, 0.25) is 0 Å². The van der Waals surface area contributed by atoms with Gasteiger partial charge in [-0.3, -0.25) is 0 Å². The first kappa shape index (κ1) is 9.65. The molecule has 0 bridgehead atoms. The molecule has 76 valence electrons. The molecule has 1 N–H and O–H groups in total. The van der Waals surface area contributed by atoms with Crippen molar-refractivity contribution in [2.45, 2.75) is 12.6 Å². The summed E-state index contributed by atoms with van der Waals surface area (Å²) >= 11 is 0. The van der Waals surface area contributed by atoms with Crippen LogP contribution in [0.5, 0.6) is 0 Å². The summed E-state index contributed by atoms with van der Waals surface area (Å²) in [5.41, 5.74) is 2.48. The molecule has 1 unspecified atom stereocenters. The molecule has 0 radical (unpaired) electrons. The summed E-state index contributed by atoms with van der Waals surface area (Å²) in [5.74, 6) is 0. The molecule has 0 aromatic heterocycles. The minimum absolute atomic E-state index is 0.124. The molecule has 0 spiro atoms. The van der Waals surface area contributed by atoms with Gasteiger partial charge in [0.2, 0.25) is 0 Å². The van der Waals surface area contributed by atoms with Crippen molar-refractivity contribution in [3.8, 4) is 0 Å². The van der Waals surface area contributed by atoms with Crippen LogP contribution in [0, 0.1) is 0 Å². The van der Waals surface area contributed by atoms with E-state index < -0.39 is 0 Å². The van der Waals surface area contributed by atoms with Gasteiger partial charge in [-0.2, -0.15) is 0 Å². The van der Waals surface area contributed by atoms with E-state index in [-0.39, 0.29) is 6.10 Å². The lowest BCUT2D eigenvalue weighted by molar-refractivity contribution is 0.0466. The Kier molecular flexibility index (Phi) is 3.14. The lowest BCUT2D eigenvalue weighted by atomic mass is 10.1. The van der Waals surface area contributed by atoms with Crippen molar-refractivity contribution in [1.82, 2.24) is 5.32 Å². The van der Waals surface area contributed by atoms with E-state index in [0.29, 0.717) is 13.4 Å². The maximum atomic E-state index is 5.40. The fraction of sp³-hybridized carbons (Fsp3) is 0.455. The summed E-state index contributed by atoms with van der Waals surface area (Å²) in [6.07, 6.45) is 0.124. The number of nitrogens with one attached hydrogen (secondary N) is 1. The van der Waals surface area contributed by atoms with Crippen LogP contribution in [0.4, 0.5) is 0 Å². The third-order valence-electron chi connectivity index (χ3n) is 2.35. The van der Waals surface area contributed by atoms with Crippen LogP contribution in [-0.4, -0.2) is 20.4 Å². The van der Waals surface area contributed by atoms with Crippen molar-refractivity contribution >= 4 is 0 Å². The highest BCUT2D eigenvalue weighted by Crippen LogP contribution is 2.22. The molecule has 1 heterocycles. The van der Waals surface area contributed by atoms with Crippen LogP contribution in [-0.2, 0) is 16.0 Å². The average molecular weight is 193 g/mol. The Hall–Kier alpha value is -0.900. The summed E-state index contributed by atoms with van der Waals surface area (Å²) < 4.78 is 10.6. The average Bonchev–Trinajstić information content (AvgIpc) is 2.72. The van der Waals surface area contributed by atoms with Crippen LogP contribution >= 0.6 is 0 Å². The van der Waals surface area contributed by atoms with Gasteiger partial charge in [-0.15, -0.1) is 0 Å². The number of ether oxygens (including phenoxy) is 2. The van der Waals surface area contributed by atoms with E-state index >= 15 is 0 Å². The molecule has 14 heavy (non-hydrogen) atoms. The predicted molar refractivity (Wildman–Crippen MR) is 53.9 cm³/mol. The first-order chi connectivity index (χ1) is 6.90. The Morgan fingerprint density at radius 1 is 1.36 bits per heavy atom. The van der Waals surface area contributed by atoms with Gasteiger partial charge < -0.3 is 14.8 Å². The summed E-state index contributed by atoms with van der Waals surface area (Å²) in [6, 6.07) is 8.44. The van der Waals surface area contributed by atoms with E-state index in [1.54, 1.807) is 0 Å². The van der Waals surface area contributed by atoms with Gasteiger partial charge in [-0.25, -0.2) is 0 Å². The number of hydrogen-bond donors (Lipinski definition) is 1. The predicted octanol–water partition coefficient (Wildman–Crippen LogP) is 1.45. The maximum absolute atomic E-state index is 5.40. The Balaban J connectivity index is 2.05. The normalized spacial score (nSPS) is 21.4. The van der Waals surface area contributed by atoms with Gasteiger partial charge in [0.05, 0.1) is 6.61 Å². The number of rotatable bonds is 3. The van der Waals surface area contributed by atoms with Crippen LogP contribution < -0.4 is 5.32 Å². The van der Waals surface area contributed by atoms with Crippen LogP contribution in [0.15, 0.2) is 24.3 Å². The van der Waals surface area contributed by atoms with Crippen LogP contribution in [0.1, 0.15) is 17.2 Å². The Morgan fingerprint density at radius 3 is 2.71 bits per heavy atom. The summed E-state index contributed by atoms with van der Waals surface area (Å²) in [5, 5.41) is 3.12. The van der Waals surface area contributed by atoms with E-state index in [1.807, 2.05) is 7.05 Å². The first-order valence-corrected chi connectivity index (χ1v) is 4.83. The lowest BCUT2D eigenvalue weighted by Gasteiger charge is -2.08. The third-order valence-corrected chi connectivity index (χ3v) is 2.35. The zero-order chi connectivity index (χ0) is 9.80. The van der Waals surface area contributed by atoms with Gasteiger partial charge in [0.15, 0.2) is 0 Å². The molecule has 3 nitrogen and oxygen atoms in total. The fourth-order valence-corrected chi connectivity index (χ4v) is 1.58. The highest BCUT2D eigenvalue weighted by Gasteiger charge is 2.17. The zero-order valence-electron chi connectivity index (χ0n) is 8.32. The van der Waals surface area contributed by atoms with Gasteiger partial charge in [0.1, 0.15) is 12.9 Å². The second kappa shape index (κ2) is 4.55. The van der Waals surface area contributed by atoms with Crippen molar-refractivity contribution in [2.75, 3.05) is 20.4 Å². The smallest absolute Gasteiger partial charge is 0.147 e. The molecular weight excluding hydrogens is 178 g/mol. The molecule has 0 aliphatic carbocycles. The lowest BCUT2D eigenvalue weighted by Crippen LogP contribution is -2.05. The Morgan fingerprint density at radius 2 is 2.14 bits per heavy atom. The number of benzene rings is 1. The minimum Gasteiger partial charge on any atom is -0.352 e. The molecule has 1 atom stereocenters. The second-order valence-corrected chi connectivity index (χ2v) is 3.42. The quantitative estimate of drug-likeness (QED) is 0.788. The fourth-order valence-electron chi connectivity index (χ4n) is 1.58. The molecule has 0 saturated carbocycles. The topological polar surface area (TPSA) is 30.5 Å². The molecular formula is C11H15NO2. The SMILES string of the molecule is CNCc1ccc(C2COCO2)cc1. The standard InChI is InChI=1S/C11H15NO2/c1-12-6-9-2-4-10(5-3-9)11-7-13-8-14-11/h2-5,11-12H,6-8H2,1H3. The van der Waals surface area contributed by atoms with Gasteiger partial charge in [-0.05, 0) is 18.2 Å².